The first-order valence-corrected chi connectivity index (χ1v) is 5.25. The van der Waals surface area contributed by atoms with Crippen LogP contribution in [0.1, 0.15) is 51.9 Å². The molecule has 0 aliphatic carbocycles. The van der Waals surface area contributed by atoms with Crippen LogP contribution >= 0.6 is 0 Å². The van der Waals surface area contributed by atoms with Gasteiger partial charge in [0.25, 0.3) is 0 Å². The van der Waals surface area contributed by atoms with E-state index in [1.54, 1.807) is 0 Å². The third-order valence-electron chi connectivity index (χ3n) is 2.22. The van der Waals surface area contributed by atoms with E-state index in [4.69, 9.17) is 0 Å². The molecule has 0 heterocycles. The van der Waals surface area contributed by atoms with Gasteiger partial charge in [-0.1, -0.05) is 57.9 Å². The number of rotatable bonds is 8. The van der Waals surface area contributed by atoms with Crippen molar-refractivity contribution in [2.75, 3.05) is 0 Å². The molecule has 0 aromatic rings. The summed E-state index contributed by atoms with van der Waals surface area (Å²) in [6, 6.07) is 0. The van der Waals surface area contributed by atoms with Gasteiger partial charge in [0.1, 0.15) is 0 Å². The Morgan fingerprint density at radius 3 is 2.06 bits per heavy atom. The fourth-order valence-electron chi connectivity index (χ4n) is 1.39. The fraction of sp³-hybridized carbons (Fsp3) is 0.643. The van der Waals surface area contributed by atoms with Crippen molar-refractivity contribution in [3.8, 4) is 0 Å². The first-order valence-electron chi connectivity index (χ1n) is 5.25. The average molecular weight is 328 g/mol. The minimum Gasteiger partial charge on any atom is -0.358 e. The van der Waals surface area contributed by atoms with Gasteiger partial charge in [-0.2, -0.15) is 5.92 Å². The van der Waals surface area contributed by atoms with E-state index in [9.17, 15) is 0 Å². The summed E-state index contributed by atoms with van der Waals surface area (Å²) in [5, 5.41) is 0. The maximum Gasteiger partial charge on any atom is 2.00 e. The van der Waals surface area contributed by atoms with Gasteiger partial charge < -0.3 is 21.8 Å². The van der Waals surface area contributed by atoms with Crippen LogP contribution in [0.2, 0.25) is 0 Å². The van der Waals surface area contributed by atoms with Crippen LogP contribution in [-0.4, -0.2) is 0 Å². The number of allylic oxidation sites excluding steroid dienone is 1. The quantitative estimate of drug-likeness (QED) is 0.246. The van der Waals surface area contributed by atoms with E-state index in [0.29, 0.717) is 5.92 Å². The van der Waals surface area contributed by atoms with Crippen molar-refractivity contribution in [3.05, 3.63) is 34.4 Å². The van der Waals surface area contributed by atoms with Crippen LogP contribution in [-0.2, 0) is 39.0 Å². The normalized spacial score (nSPS) is 9.62. The Morgan fingerprint density at radius 2 is 1.62 bits per heavy atom. The maximum absolute atomic E-state index is 4.07. The Bertz CT molecular complexity index is 103. The first kappa shape index (κ1) is 30.2. The first-order chi connectivity index (χ1) is 5.81. The molecule has 2 heteroatoms. The van der Waals surface area contributed by atoms with Crippen LogP contribution in [0, 0.1) is 27.7 Å². The van der Waals surface area contributed by atoms with Crippen molar-refractivity contribution >= 4 is 0 Å². The molecule has 0 radical (unpaired) electrons. The van der Waals surface area contributed by atoms with E-state index in [1.165, 1.54) is 38.5 Å². The summed E-state index contributed by atoms with van der Waals surface area (Å²) in [5.41, 5.74) is 0. The smallest absolute Gasteiger partial charge is 0.358 e. The Morgan fingerprint density at radius 1 is 1.12 bits per heavy atom. The molecule has 1 atom stereocenters. The van der Waals surface area contributed by atoms with Gasteiger partial charge >= 0.3 is 19.5 Å². The molecular formula is C14H29Zn2-. The molecule has 0 N–H and O–H groups in total. The average Bonchev–Trinajstić information content (AvgIpc) is 2.05. The molecule has 0 rings (SSSR count). The molecule has 0 aliphatic heterocycles. The molecule has 0 saturated heterocycles. The van der Waals surface area contributed by atoms with Crippen molar-refractivity contribution in [2.24, 2.45) is 5.92 Å². The van der Waals surface area contributed by atoms with Gasteiger partial charge in [0.2, 0.25) is 0 Å². The molecule has 0 aromatic heterocycles. The minimum atomic E-state index is 0. The van der Waals surface area contributed by atoms with Crippen molar-refractivity contribution in [3.63, 3.8) is 0 Å². The second-order valence-corrected chi connectivity index (χ2v) is 3.59. The summed E-state index contributed by atoms with van der Waals surface area (Å²) in [6.07, 6.45) is 11.2. The number of hydrogen-bond acceptors (Lipinski definition) is 0. The van der Waals surface area contributed by atoms with E-state index in [-0.39, 0.29) is 53.8 Å². The monoisotopic (exact) mass is 325 g/mol. The summed E-state index contributed by atoms with van der Waals surface area (Å²) in [4.78, 5) is 0. The van der Waals surface area contributed by atoms with Crippen molar-refractivity contribution in [1.82, 2.24) is 0 Å². The van der Waals surface area contributed by atoms with E-state index < -0.39 is 0 Å². The summed E-state index contributed by atoms with van der Waals surface area (Å²) >= 11 is 0. The molecule has 0 aliphatic rings. The summed E-state index contributed by atoms with van der Waals surface area (Å²) in [7, 11) is 0. The molecule has 0 bridgehead atoms. The Kier molecular flexibility index (Phi) is 47.2. The van der Waals surface area contributed by atoms with Crippen LogP contribution in [0.25, 0.3) is 0 Å². The SMILES string of the molecule is C=CCC([CH2-])CCCCCCC.[CH3-].[CH3-].[Zn+2].[Zn]. The largest absolute Gasteiger partial charge is 2.00 e. The number of hydrogen-bond donors (Lipinski definition) is 0. The van der Waals surface area contributed by atoms with Crippen molar-refractivity contribution in [2.45, 2.75) is 51.9 Å². The Hall–Kier alpha value is 0.987. The Balaban J connectivity index is -0.000000101. The molecule has 0 nitrogen and oxygen atoms in total. The van der Waals surface area contributed by atoms with Gasteiger partial charge in [-0.25, -0.2) is 0 Å². The summed E-state index contributed by atoms with van der Waals surface area (Å²) in [5.74, 6) is 0.601. The molecule has 90 valence electrons. The third-order valence-corrected chi connectivity index (χ3v) is 2.22. The van der Waals surface area contributed by atoms with Gasteiger partial charge in [-0.15, -0.1) is 6.58 Å². The van der Waals surface area contributed by atoms with Crippen LogP contribution in [0.3, 0.4) is 0 Å². The van der Waals surface area contributed by atoms with Gasteiger partial charge in [0.15, 0.2) is 0 Å². The second-order valence-electron chi connectivity index (χ2n) is 3.59. The minimum absolute atomic E-state index is 0. The van der Waals surface area contributed by atoms with E-state index >= 15 is 0 Å². The molecule has 0 saturated carbocycles. The molecule has 0 spiro atoms. The molecule has 0 fully saturated rings. The Labute approximate surface area is 131 Å². The summed E-state index contributed by atoms with van der Waals surface area (Å²) in [6.45, 7) is 10.0. The van der Waals surface area contributed by atoms with E-state index in [2.05, 4.69) is 20.4 Å². The van der Waals surface area contributed by atoms with Crippen LogP contribution < -0.4 is 0 Å². The fourth-order valence-corrected chi connectivity index (χ4v) is 1.39. The topological polar surface area (TPSA) is 0 Å². The zero-order chi connectivity index (χ0) is 9.23. The van der Waals surface area contributed by atoms with Crippen LogP contribution in [0.5, 0.6) is 0 Å². The molecular weight excluding hydrogens is 299 g/mol. The van der Waals surface area contributed by atoms with Crippen molar-refractivity contribution in [1.29, 1.82) is 0 Å². The molecule has 0 aromatic carbocycles. The molecule has 0 amide bonds. The zero-order valence-electron chi connectivity index (χ0n) is 11.9. The van der Waals surface area contributed by atoms with Crippen LogP contribution in [0.4, 0.5) is 0 Å². The number of unbranched alkanes of at least 4 members (excludes halogenated alkanes) is 4. The maximum atomic E-state index is 4.07. The van der Waals surface area contributed by atoms with E-state index in [0.717, 1.165) is 6.42 Å². The van der Waals surface area contributed by atoms with E-state index in [1.807, 2.05) is 6.08 Å². The van der Waals surface area contributed by atoms with Gasteiger partial charge in [-0.05, 0) is 0 Å². The molecule has 16 heavy (non-hydrogen) atoms. The zero-order valence-corrected chi connectivity index (χ0v) is 17.9. The second kappa shape index (κ2) is 25.0. The van der Waals surface area contributed by atoms with Gasteiger partial charge in [0.05, 0.1) is 0 Å². The van der Waals surface area contributed by atoms with Gasteiger partial charge in [0, 0.05) is 19.5 Å². The van der Waals surface area contributed by atoms with Gasteiger partial charge in [-0.3, -0.25) is 0 Å². The molecule has 1 unspecified atom stereocenters. The summed E-state index contributed by atoms with van der Waals surface area (Å²) < 4.78 is 0. The predicted molar refractivity (Wildman–Crippen MR) is 69.9 cm³/mol. The predicted octanol–water partition coefficient (Wildman–Crippen LogP) is 5.27. The standard InChI is InChI=1S/C12H23.2CH3.2Zn/c1-4-6-7-8-9-11-12(3)10-5-2;;;;/h5,12H,2-4,6-11H2,1H3;2*1H3;;/q3*-1;;+2. The van der Waals surface area contributed by atoms with Crippen LogP contribution in [0.15, 0.2) is 12.7 Å². The third kappa shape index (κ3) is 24.3. The van der Waals surface area contributed by atoms with Crippen molar-refractivity contribution < 1.29 is 39.0 Å².